The molecular weight excluding hydrogens is 447 g/mol. The highest BCUT2D eigenvalue weighted by Crippen LogP contribution is 2.11. The Morgan fingerprint density at radius 1 is 1.24 bits per heavy atom. The molecule has 0 atom stereocenters. The molecule has 0 saturated carbocycles. The van der Waals surface area contributed by atoms with Crippen LogP contribution in [0.15, 0.2) is 29.3 Å². The van der Waals surface area contributed by atoms with Crippen molar-refractivity contribution in [1.82, 2.24) is 15.5 Å². The van der Waals surface area contributed by atoms with Crippen molar-refractivity contribution in [2.45, 2.75) is 45.1 Å². The van der Waals surface area contributed by atoms with E-state index in [0.717, 1.165) is 30.4 Å². The Morgan fingerprint density at radius 2 is 1.92 bits per heavy atom. The van der Waals surface area contributed by atoms with Gasteiger partial charge in [-0.2, -0.15) is 0 Å². The van der Waals surface area contributed by atoms with E-state index >= 15 is 0 Å². The summed E-state index contributed by atoms with van der Waals surface area (Å²) in [5.41, 5.74) is 1.33. The number of guanidine groups is 1. The number of nitrogens with one attached hydrogen (secondary N) is 2. The summed E-state index contributed by atoms with van der Waals surface area (Å²) in [5.74, 6) is 0.931. The molecule has 1 aromatic rings. The number of nitrogens with zero attached hydrogens (tertiary/aromatic N) is 2. The molecule has 0 bridgehead atoms. The second kappa shape index (κ2) is 12.8. The maximum Gasteiger partial charge on any atom is 0.191 e. The molecule has 1 heterocycles. The van der Waals surface area contributed by atoms with Crippen molar-refractivity contribution in [2.24, 2.45) is 4.99 Å². The maximum absolute atomic E-state index is 5.91. The van der Waals surface area contributed by atoms with E-state index in [9.17, 15) is 0 Å². The van der Waals surface area contributed by atoms with Gasteiger partial charge in [-0.15, -0.1) is 24.0 Å². The Hall–Kier alpha value is -0.530. The van der Waals surface area contributed by atoms with E-state index < -0.39 is 0 Å². The Morgan fingerprint density at radius 3 is 2.52 bits per heavy atom. The van der Waals surface area contributed by atoms with Gasteiger partial charge < -0.3 is 15.5 Å². The van der Waals surface area contributed by atoms with E-state index in [-0.39, 0.29) is 24.0 Å². The monoisotopic (exact) mass is 478 g/mol. The van der Waals surface area contributed by atoms with Gasteiger partial charge in [-0.25, -0.2) is 0 Å². The first-order valence-electron chi connectivity index (χ1n) is 9.15. The van der Waals surface area contributed by atoms with Crippen molar-refractivity contribution in [3.05, 3.63) is 34.9 Å². The van der Waals surface area contributed by atoms with Gasteiger partial charge >= 0.3 is 0 Å². The fourth-order valence-electron chi connectivity index (χ4n) is 3.16. The topological polar surface area (TPSA) is 39.7 Å². The standard InChI is InChI=1S/C19H31ClN4.HI/c1-3-13-24-14-10-18(11-15-24)23-19(21-2)22-12-4-5-16-6-8-17(20)9-7-16;/h6-9,18H,3-5,10-15H2,1-2H3,(H2,21,22,23);1H. The molecule has 0 amide bonds. The van der Waals surface area contributed by atoms with Crippen molar-refractivity contribution in [3.8, 4) is 0 Å². The first kappa shape index (κ1) is 22.5. The molecule has 2 rings (SSSR count). The molecule has 1 saturated heterocycles. The average Bonchev–Trinajstić information content (AvgIpc) is 2.61. The van der Waals surface area contributed by atoms with Gasteiger partial charge in [0, 0.05) is 37.7 Å². The van der Waals surface area contributed by atoms with Gasteiger partial charge in [0.2, 0.25) is 0 Å². The lowest BCUT2D eigenvalue weighted by atomic mass is 10.1. The molecule has 0 aliphatic carbocycles. The SMILES string of the molecule is CCCN1CCC(NC(=NC)NCCCc2ccc(Cl)cc2)CC1.I. The Kier molecular flexibility index (Phi) is 11.5. The minimum absolute atomic E-state index is 0. The van der Waals surface area contributed by atoms with Crippen LogP contribution in [0.4, 0.5) is 0 Å². The van der Waals surface area contributed by atoms with Gasteiger partial charge in [0.05, 0.1) is 0 Å². The third kappa shape index (κ3) is 8.60. The van der Waals surface area contributed by atoms with E-state index in [1.807, 2.05) is 19.2 Å². The number of rotatable bonds is 7. The van der Waals surface area contributed by atoms with Crippen LogP contribution in [0.25, 0.3) is 0 Å². The van der Waals surface area contributed by atoms with Gasteiger partial charge in [0.15, 0.2) is 5.96 Å². The molecule has 142 valence electrons. The smallest absolute Gasteiger partial charge is 0.191 e. The van der Waals surface area contributed by atoms with E-state index in [1.54, 1.807) is 0 Å². The van der Waals surface area contributed by atoms with Crippen LogP contribution in [-0.2, 0) is 6.42 Å². The predicted molar refractivity (Wildman–Crippen MR) is 119 cm³/mol. The van der Waals surface area contributed by atoms with E-state index in [0.29, 0.717) is 6.04 Å². The van der Waals surface area contributed by atoms with Gasteiger partial charge in [0.25, 0.3) is 0 Å². The summed E-state index contributed by atoms with van der Waals surface area (Å²) in [6.07, 6.45) is 5.78. The van der Waals surface area contributed by atoms with Crippen LogP contribution >= 0.6 is 35.6 Å². The lowest BCUT2D eigenvalue weighted by Gasteiger charge is -2.32. The van der Waals surface area contributed by atoms with Crippen LogP contribution in [0, 0.1) is 0 Å². The van der Waals surface area contributed by atoms with E-state index in [4.69, 9.17) is 11.6 Å². The molecule has 6 heteroatoms. The first-order valence-corrected chi connectivity index (χ1v) is 9.53. The molecule has 0 spiro atoms. The summed E-state index contributed by atoms with van der Waals surface area (Å²) in [5, 5.41) is 7.80. The Balaban J connectivity index is 0.00000312. The number of aliphatic imine (C=N–C) groups is 1. The average molecular weight is 479 g/mol. The third-order valence-electron chi connectivity index (χ3n) is 4.54. The van der Waals surface area contributed by atoms with Crippen molar-refractivity contribution in [2.75, 3.05) is 33.2 Å². The third-order valence-corrected chi connectivity index (χ3v) is 4.79. The Labute approximate surface area is 174 Å². The van der Waals surface area contributed by atoms with E-state index in [2.05, 4.69) is 39.6 Å². The molecule has 0 unspecified atom stereocenters. The first-order chi connectivity index (χ1) is 11.7. The predicted octanol–water partition coefficient (Wildman–Crippen LogP) is 3.93. The summed E-state index contributed by atoms with van der Waals surface area (Å²) < 4.78 is 0. The maximum atomic E-state index is 5.91. The Bertz CT molecular complexity index is 499. The fraction of sp³-hybridized carbons (Fsp3) is 0.632. The number of likely N-dealkylation sites (tertiary alicyclic amines) is 1. The number of hydrogen-bond donors (Lipinski definition) is 2. The van der Waals surface area contributed by atoms with Gasteiger partial charge in [-0.1, -0.05) is 30.7 Å². The molecular formula is C19H32ClIN4. The fourth-order valence-corrected chi connectivity index (χ4v) is 3.28. The second-order valence-corrected chi connectivity index (χ2v) is 6.93. The highest BCUT2D eigenvalue weighted by molar-refractivity contribution is 14.0. The number of piperidine rings is 1. The van der Waals surface area contributed by atoms with Crippen LogP contribution in [0.1, 0.15) is 38.2 Å². The van der Waals surface area contributed by atoms with Crippen molar-refractivity contribution in [3.63, 3.8) is 0 Å². The molecule has 1 fully saturated rings. The number of benzene rings is 1. The molecule has 1 aromatic carbocycles. The minimum atomic E-state index is 0. The van der Waals surface area contributed by atoms with Crippen molar-refractivity contribution < 1.29 is 0 Å². The van der Waals surface area contributed by atoms with Crippen LogP contribution in [0.5, 0.6) is 0 Å². The van der Waals surface area contributed by atoms with Gasteiger partial charge in [0.1, 0.15) is 0 Å². The van der Waals surface area contributed by atoms with Crippen LogP contribution < -0.4 is 10.6 Å². The van der Waals surface area contributed by atoms with E-state index in [1.165, 1.54) is 44.5 Å². The zero-order chi connectivity index (χ0) is 17.2. The van der Waals surface area contributed by atoms with Crippen LogP contribution in [-0.4, -0.2) is 50.1 Å². The molecule has 25 heavy (non-hydrogen) atoms. The lowest BCUT2D eigenvalue weighted by Crippen LogP contribution is -2.48. The molecule has 0 radical (unpaired) electrons. The molecule has 0 aromatic heterocycles. The highest BCUT2D eigenvalue weighted by Gasteiger charge is 2.19. The summed E-state index contributed by atoms with van der Waals surface area (Å²) in [7, 11) is 1.85. The summed E-state index contributed by atoms with van der Waals surface area (Å²) in [6.45, 7) is 6.79. The van der Waals surface area contributed by atoms with Gasteiger partial charge in [-0.3, -0.25) is 4.99 Å². The van der Waals surface area contributed by atoms with Crippen LogP contribution in [0.3, 0.4) is 0 Å². The molecule has 4 nitrogen and oxygen atoms in total. The molecule has 2 N–H and O–H groups in total. The van der Waals surface area contributed by atoms with Crippen molar-refractivity contribution in [1.29, 1.82) is 0 Å². The number of halogens is 2. The summed E-state index contributed by atoms with van der Waals surface area (Å²) in [4.78, 5) is 6.91. The van der Waals surface area contributed by atoms with Crippen LogP contribution in [0.2, 0.25) is 5.02 Å². The normalized spacial score (nSPS) is 16.4. The molecule has 1 aliphatic heterocycles. The molecule has 1 aliphatic rings. The van der Waals surface area contributed by atoms with Crippen molar-refractivity contribution >= 4 is 41.5 Å². The highest BCUT2D eigenvalue weighted by atomic mass is 127. The summed E-state index contributed by atoms with van der Waals surface area (Å²) >= 11 is 5.91. The zero-order valence-corrected chi connectivity index (χ0v) is 18.5. The lowest BCUT2D eigenvalue weighted by molar-refractivity contribution is 0.206. The largest absolute Gasteiger partial charge is 0.356 e. The summed E-state index contributed by atoms with van der Waals surface area (Å²) in [6, 6.07) is 8.64. The second-order valence-electron chi connectivity index (χ2n) is 6.49. The quantitative estimate of drug-likeness (QED) is 0.270. The number of hydrogen-bond acceptors (Lipinski definition) is 2. The zero-order valence-electron chi connectivity index (χ0n) is 15.4. The van der Waals surface area contributed by atoms with Gasteiger partial charge in [-0.05, 0) is 56.3 Å². The minimum Gasteiger partial charge on any atom is -0.356 e. The number of aryl methyl sites for hydroxylation is 1.